The van der Waals surface area contributed by atoms with Gasteiger partial charge in [0.25, 0.3) is 11.6 Å². The molecule has 8 heteroatoms. The average molecular weight is 295 g/mol. The van der Waals surface area contributed by atoms with E-state index < -0.39 is 10.8 Å². The van der Waals surface area contributed by atoms with Gasteiger partial charge in [0.1, 0.15) is 10.8 Å². The third-order valence-corrected chi connectivity index (χ3v) is 3.15. The van der Waals surface area contributed by atoms with Crippen molar-refractivity contribution in [3.8, 4) is 0 Å². The number of rotatable bonds is 4. The molecule has 20 heavy (non-hydrogen) atoms. The van der Waals surface area contributed by atoms with Crippen LogP contribution in [0.15, 0.2) is 24.4 Å². The van der Waals surface area contributed by atoms with Gasteiger partial charge in [0.05, 0.1) is 16.7 Å². The number of nitro groups is 1. The molecule has 0 aliphatic heterocycles. The first-order valence-electron chi connectivity index (χ1n) is 5.81. The lowest BCUT2D eigenvalue weighted by Gasteiger charge is -2.06. The molecule has 7 nitrogen and oxygen atoms in total. The maximum atomic E-state index is 12.1. The zero-order valence-electron chi connectivity index (χ0n) is 10.5. The first-order chi connectivity index (χ1) is 9.54. The fourth-order valence-electron chi connectivity index (χ4n) is 1.70. The summed E-state index contributed by atoms with van der Waals surface area (Å²) in [6, 6.07) is 4.08. The van der Waals surface area contributed by atoms with Crippen LogP contribution in [0.3, 0.4) is 0 Å². The number of aromatic amines is 1. The molecule has 0 atom stereocenters. The lowest BCUT2D eigenvalue weighted by atomic mass is 10.2. The highest BCUT2D eigenvalue weighted by molar-refractivity contribution is 6.36. The minimum absolute atomic E-state index is 0.0394. The van der Waals surface area contributed by atoms with Crippen LogP contribution >= 0.6 is 11.6 Å². The van der Waals surface area contributed by atoms with Gasteiger partial charge in [-0.05, 0) is 12.5 Å². The van der Waals surface area contributed by atoms with E-state index in [2.05, 4.69) is 15.5 Å². The molecule has 0 radical (unpaired) electrons. The molecule has 2 aromatic rings. The number of benzene rings is 1. The fraction of sp³-hybridized carbons (Fsp3) is 0.167. The maximum absolute atomic E-state index is 12.1. The summed E-state index contributed by atoms with van der Waals surface area (Å²) in [5.74, 6) is -0.0716. The third-order valence-electron chi connectivity index (χ3n) is 2.76. The van der Waals surface area contributed by atoms with Gasteiger partial charge in [-0.2, -0.15) is 5.10 Å². The van der Waals surface area contributed by atoms with Crippen LogP contribution in [0.5, 0.6) is 0 Å². The van der Waals surface area contributed by atoms with Crippen LogP contribution in [-0.4, -0.2) is 21.0 Å². The molecule has 1 aromatic heterocycles. The Hall–Kier alpha value is -2.41. The monoisotopic (exact) mass is 294 g/mol. The van der Waals surface area contributed by atoms with Crippen LogP contribution in [0.2, 0.25) is 5.02 Å². The van der Waals surface area contributed by atoms with Gasteiger partial charge in [-0.15, -0.1) is 0 Å². The standard InChI is InChI=1S/C12H11ClN4O3/c1-2-7-6-14-16-11(7)15-12(18)8-4-3-5-9(10(8)13)17(19)20/h3-6H,2H2,1H3,(H2,14,15,16,18). The predicted octanol–water partition coefficient (Wildman–Crippen LogP) is 2.79. The third kappa shape index (κ3) is 2.62. The van der Waals surface area contributed by atoms with Crippen molar-refractivity contribution < 1.29 is 9.72 Å². The second-order valence-corrected chi connectivity index (χ2v) is 4.35. The van der Waals surface area contributed by atoms with E-state index in [0.29, 0.717) is 12.2 Å². The number of H-pyrrole nitrogens is 1. The highest BCUT2D eigenvalue weighted by Crippen LogP contribution is 2.28. The summed E-state index contributed by atoms with van der Waals surface area (Å²) in [4.78, 5) is 22.3. The highest BCUT2D eigenvalue weighted by Gasteiger charge is 2.20. The molecular weight excluding hydrogens is 284 g/mol. The van der Waals surface area contributed by atoms with Crippen molar-refractivity contribution >= 4 is 29.0 Å². The number of aromatic nitrogens is 2. The van der Waals surface area contributed by atoms with Crippen LogP contribution in [0.25, 0.3) is 0 Å². The lowest BCUT2D eigenvalue weighted by Crippen LogP contribution is -2.14. The first-order valence-corrected chi connectivity index (χ1v) is 6.18. The average Bonchev–Trinajstić information content (AvgIpc) is 2.85. The molecule has 0 spiro atoms. The molecule has 2 N–H and O–H groups in total. The second kappa shape index (κ2) is 5.70. The van der Waals surface area contributed by atoms with Crippen molar-refractivity contribution in [2.24, 2.45) is 0 Å². The molecular formula is C12H11ClN4O3. The molecule has 0 bridgehead atoms. The zero-order chi connectivity index (χ0) is 14.7. The molecule has 0 fully saturated rings. The zero-order valence-corrected chi connectivity index (χ0v) is 11.3. The number of nitrogens with one attached hydrogen (secondary N) is 2. The molecule has 1 heterocycles. The SMILES string of the molecule is CCc1cn[nH]c1NC(=O)c1cccc([N+](=O)[O-])c1Cl. The molecule has 0 unspecified atom stereocenters. The number of carbonyl (C=O) groups excluding carboxylic acids is 1. The van der Waals surface area contributed by atoms with E-state index in [0.717, 1.165) is 5.56 Å². The van der Waals surface area contributed by atoms with Crippen molar-refractivity contribution in [3.05, 3.63) is 50.7 Å². The summed E-state index contributed by atoms with van der Waals surface area (Å²) in [7, 11) is 0. The van der Waals surface area contributed by atoms with E-state index in [1.807, 2.05) is 6.92 Å². The summed E-state index contributed by atoms with van der Waals surface area (Å²) in [5.41, 5.74) is 0.567. The topological polar surface area (TPSA) is 101 Å². The van der Waals surface area contributed by atoms with E-state index in [4.69, 9.17) is 11.6 Å². The van der Waals surface area contributed by atoms with Crippen LogP contribution in [0.4, 0.5) is 11.5 Å². The smallest absolute Gasteiger partial charge is 0.288 e. The van der Waals surface area contributed by atoms with Gasteiger partial charge in [0, 0.05) is 11.6 Å². The Bertz CT molecular complexity index is 668. The number of nitrogens with zero attached hydrogens (tertiary/aromatic N) is 2. The van der Waals surface area contributed by atoms with Crippen molar-refractivity contribution in [3.63, 3.8) is 0 Å². The summed E-state index contributed by atoms with van der Waals surface area (Å²) in [6.45, 7) is 1.92. The molecule has 1 aromatic carbocycles. The lowest BCUT2D eigenvalue weighted by molar-refractivity contribution is -0.384. The van der Waals surface area contributed by atoms with Gasteiger partial charge < -0.3 is 5.32 Å². The van der Waals surface area contributed by atoms with Crippen LogP contribution in [0.1, 0.15) is 22.8 Å². The van der Waals surface area contributed by atoms with Crippen LogP contribution in [-0.2, 0) is 6.42 Å². The summed E-state index contributed by atoms with van der Waals surface area (Å²) in [6.07, 6.45) is 2.29. The van der Waals surface area contributed by atoms with Crippen molar-refractivity contribution in [2.45, 2.75) is 13.3 Å². The van der Waals surface area contributed by atoms with Gasteiger partial charge >= 0.3 is 0 Å². The summed E-state index contributed by atoms with van der Waals surface area (Å²) in [5, 5.41) is 19.7. The van der Waals surface area contributed by atoms with Crippen molar-refractivity contribution in [1.29, 1.82) is 0 Å². The van der Waals surface area contributed by atoms with E-state index in [1.54, 1.807) is 6.20 Å². The van der Waals surface area contributed by atoms with Crippen molar-refractivity contribution in [1.82, 2.24) is 10.2 Å². The highest BCUT2D eigenvalue weighted by atomic mass is 35.5. The largest absolute Gasteiger partial charge is 0.307 e. The normalized spacial score (nSPS) is 10.3. The number of hydrogen-bond acceptors (Lipinski definition) is 4. The minimum Gasteiger partial charge on any atom is -0.307 e. The van der Waals surface area contributed by atoms with Crippen LogP contribution < -0.4 is 5.32 Å². The number of anilines is 1. The molecule has 0 aliphatic rings. The van der Waals surface area contributed by atoms with Gasteiger partial charge in [-0.3, -0.25) is 20.0 Å². The number of nitro benzene ring substituents is 1. The predicted molar refractivity (Wildman–Crippen MR) is 74.0 cm³/mol. The number of aryl methyl sites for hydroxylation is 1. The second-order valence-electron chi connectivity index (χ2n) is 3.97. The van der Waals surface area contributed by atoms with Gasteiger partial charge in [0.2, 0.25) is 0 Å². The molecule has 0 saturated heterocycles. The Labute approximate surface area is 119 Å². The Morgan fingerprint density at radius 2 is 2.30 bits per heavy atom. The fourth-order valence-corrected chi connectivity index (χ4v) is 1.99. The first kappa shape index (κ1) is 14.0. The van der Waals surface area contributed by atoms with Crippen molar-refractivity contribution in [2.75, 3.05) is 5.32 Å². The molecule has 0 saturated carbocycles. The summed E-state index contributed by atoms with van der Waals surface area (Å²) >= 11 is 5.88. The Morgan fingerprint density at radius 3 is 2.95 bits per heavy atom. The summed E-state index contributed by atoms with van der Waals surface area (Å²) < 4.78 is 0. The van der Waals surface area contributed by atoms with Gasteiger partial charge in [-0.1, -0.05) is 24.6 Å². The molecule has 1 amide bonds. The van der Waals surface area contributed by atoms with Crippen LogP contribution in [0, 0.1) is 10.1 Å². The molecule has 104 valence electrons. The number of amides is 1. The van der Waals surface area contributed by atoms with E-state index in [1.165, 1.54) is 18.2 Å². The minimum atomic E-state index is -0.632. The number of carbonyl (C=O) groups is 1. The molecule has 0 aliphatic carbocycles. The van der Waals surface area contributed by atoms with Gasteiger partial charge in [-0.25, -0.2) is 0 Å². The van der Waals surface area contributed by atoms with E-state index >= 15 is 0 Å². The van der Waals surface area contributed by atoms with E-state index in [9.17, 15) is 14.9 Å². The Balaban J connectivity index is 2.30. The maximum Gasteiger partial charge on any atom is 0.288 e. The number of halogens is 1. The Morgan fingerprint density at radius 1 is 1.55 bits per heavy atom. The molecule has 2 rings (SSSR count). The van der Waals surface area contributed by atoms with Gasteiger partial charge in [0.15, 0.2) is 0 Å². The number of hydrogen-bond donors (Lipinski definition) is 2. The van der Waals surface area contributed by atoms with E-state index in [-0.39, 0.29) is 16.3 Å². The quantitative estimate of drug-likeness (QED) is 0.668. The Kier molecular flexibility index (Phi) is 3.99.